The van der Waals surface area contributed by atoms with Crippen molar-refractivity contribution in [1.82, 2.24) is 9.80 Å². The highest BCUT2D eigenvalue weighted by Crippen LogP contribution is 2.21. The van der Waals surface area contributed by atoms with Crippen molar-refractivity contribution >= 4 is 24.2 Å². The largest absolute Gasteiger partial charge is 0.349 e. The summed E-state index contributed by atoms with van der Waals surface area (Å²) in [7, 11) is 3.55. The molecular weight excluding hydrogens is 314 g/mol. The molecule has 0 spiro atoms. The number of piperidine rings is 1. The standard InChI is InChI=1S/C17H25N3O2.ClH/c1-19(2)17(22)14-8-10-20(11-9-14)16(21)12-15(18)13-6-4-3-5-7-13;/h3-7,14-15H,8-12,18H2,1-2H3;1H. The second-order valence-corrected chi connectivity index (χ2v) is 6.11. The van der Waals surface area contributed by atoms with Gasteiger partial charge >= 0.3 is 0 Å². The number of rotatable bonds is 4. The predicted octanol–water partition coefficient (Wildman–Crippen LogP) is 1.83. The molecule has 0 aromatic heterocycles. The Kier molecular flexibility index (Phi) is 7.52. The van der Waals surface area contributed by atoms with Crippen LogP contribution in [-0.4, -0.2) is 48.8 Å². The summed E-state index contributed by atoms with van der Waals surface area (Å²) in [5.41, 5.74) is 7.09. The quantitative estimate of drug-likeness (QED) is 0.910. The Bertz CT molecular complexity index is 514. The van der Waals surface area contributed by atoms with E-state index in [1.807, 2.05) is 35.2 Å². The summed E-state index contributed by atoms with van der Waals surface area (Å²) >= 11 is 0. The molecule has 2 rings (SSSR count). The minimum atomic E-state index is -0.269. The lowest BCUT2D eigenvalue weighted by molar-refractivity contribution is -0.139. The van der Waals surface area contributed by atoms with Crippen molar-refractivity contribution in [3.05, 3.63) is 35.9 Å². The molecule has 0 saturated carbocycles. The molecule has 1 aliphatic rings. The van der Waals surface area contributed by atoms with E-state index in [-0.39, 0.29) is 36.2 Å². The van der Waals surface area contributed by atoms with Crippen LogP contribution in [0.2, 0.25) is 0 Å². The number of hydrogen-bond donors (Lipinski definition) is 1. The Morgan fingerprint density at radius 2 is 1.78 bits per heavy atom. The van der Waals surface area contributed by atoms with E-state index in [0.29, 0.717) is 19.5 Å². The van der Waals surface area contributed by atoms with Crippen molar-refractivity contribution in [2.45, 2.75) is 25.3 Å². The topological polar surface area (TPSA) is 66.6 Å². The van der Waals surface area contributed by atoms with Crippen LogP contribution in [0.5, 0.6) is 0 Å². The van der Waals surface area contributed by atoms with Crippen LogP contribution < -0.4 is 5.73 Å². The summed E-state index contributed by atoms with van der Waals surface area (Å²) in [5, 5.41) is 0. The first kappa shape index (κ1) is 19.5. The molecular formula is C17H26ClN3O2. The molecule has 2 amide bonds. The van der Waals surface area contributed by atoms with Gasteiger partial charge in [-0.15, -0.1) is 12.4 Å². The number of hydrogen-bond acceptors (Lipinski definition) is 3. The molecule has 1 atom stereocenters. The highest BCUT2D eigenvalue weighted by Gasteiger charge is 2.28. The lowest BCUT2D eigenvalue weighted by atomic mass is 9.95. The molecule has 0 bridgehead atoms. The molecule has 1 aromatic rings. The van der Waals surface area contributed by atoms with Crippen molar-refractivity contribution in [3.8, 4) is 0 Å². The zero-order valence-electron chi connectivity index (χ0n) is 13.8. The van der Waals surface area contributed by atoms with Crippen molar-refractivity contribution in [1.29, 1.82) is 0 Å². The monoisotopic (exact) mass is 339 g/mol. The van der Waals surface area contributed by atoms with Gasteiger partial charge in [0.25, 0.3) is 0 Å². The zero-order chi connectivity index (χ0) is 16.1. The maximum Gasteiger partial charge on any atom is 0.225 e. The SMILES string of the molecule is CN(C)C(=O)C1CCN(C(=O)CC(N)c2ccccc2)CC1.Cl. The van der Waals surface area contributed by atoms with Gasteiger partial charge in [-0.25, -0.2) is 0 Å². The van der Waals surface area contributed by atoms with Crippen molar-refractivity contribution < 1.29 is 9.59 Å². The van der Waals surface area contributed by atoms with Gasteiger partial charge in [-0.2, -0.15) is 0 Å². The molecule has 1 unspecified atom stereocenters. The third kappa shape index (κ3) is 5.22. The van der Waals surface area contributed by atoms with E-state index < -0.39 is 0 Å². The minimum absolute atomic E-state index is 0. The normalized spacial score (nSPS) is 16.4. The average Bonchev–Trinajstić information content (AvgIpc) is 2.55. The van der Waals surface area contributed by atoms with Gasteiger partial charge in [0, 0.05) is 45.6 Å². The van der Waals surface area contributed by atoms with Crippen LogP contribution in [-0.2, 0) is 9.59 Å². The van der Waals surface area contributed by atoms with Gasteiger partial charge < -0.3 is 15.5 Å². The number of likely N-dealkylation sites (tertiary alicyclic amines) is 1. The Morgan fingerprint density at radius 1 is 1.22 bits per heavy atom. The predicted molar refractivity (Wildman–Crippen MR) is 93.2 cm³/mol. The van der Waals surface area contributed by atoms with Crippen LogP contribution in [0.3, 0.4) is 0 Å². The van der Waals surface area contributed by atoms with Crippen LogP contribution in [0.4, 0.5) is 0 Å². The molecule has 1 aromatic carbocycles. The third-order valence-electron chi connectivity index (χ3n) is 4.26. The summed E-state index contributed by atoms with van der Waals surface area (Å²) in [6, 6.07) is 9.41. The molecule has 1 saturated heterocycles. The number of amides is 2. The Hall–Kier alpha value is -1.59. The lowest BCUT2D eigenvalue weighted by Gasteiger charge is -2.33. The summed E-state index contributed by atoms with van der Waals surface area (Å²) in [6.07, 6.45) is 1.79. The van der Waals surface area contributed by atoms with E-state index in [2.05, 4.69) is 0 Å². The second-order valence-electron chi connectivity index (χ2n) is 6.11. The molecule has 128 valence electrons. The third-order valence-corrected chi connectivity index (χ3v) is 4.26. The summed E-state index contributed by atoms with van der Waals surface area (Å²) in [6.45, 7) is 1.29. The minimum Gasteiger partial charge on any atom is -0.349 e. The molecule has 1 heterocycles. The molecule has 5 nitrogen and oxygen atoms in total. The summed E-state index contributed by atoms with van der Waals surface area (Å²) < 4.78 is 0. The number of nitrogens with zero attached hydrogens (tertiary/aromatic N) is 2. The van der Waals surface area contributed by atoms with E-state index >= 15 is 0 Å². The number of halogens is 1. The molecule has 0 radical (unpaired) electrons. The number of carbonyl (C=O) groups excluding carboxylic acids is 2. The Balaban J connectivity index is 0.00000264. The molecule has 2 N–H and O–H groups in total. The molecule has 0 aliphatic carbocycles. The number of carbonyl (C=O) groups is 2. The first-order valence-electron chi connectivity index (χ1n) is 7.78. The number of nitrogens with two attached hydrogens (primary N) is 1. The van der Waals surface area contributed by atoms with Crippen molar-refractivity contribution in [2.75, 3.05) is 27.2 Å². The van der Waals surface area contributed by atoms with Crippen LogP contribution in [0.15, 0.2) is 30.3 Å². The molecule has 1 aliphatic heterocycles. The van der Waals surface area contributed by atoms with Crippen molar-refractivity contribution in [2.24, 2.45) is 11.7 Å². The smallest absolute Gasteiger partial charge is 0.225 e. The second kappa shape index (κ2) is 8.89. The van der Waals surface area contributed by atoms with Gasteiger partial charge in [-0.1, -0.05) is 30.3 Å². The molecule has 1 fully saturated rings. The Morgan fingerprint density at radius 3 is 2.30 bits per heavy atom. The van der Waals surface area contributed by atoms with Gasteiger partial charge in [-0.3, -0.25) is 9.59 Å². The van der Waals surface area contributed by atoms with Gasteiger partial charge in [0.1, 0.15) is 0 Å². The van der Waals surface area contributed by atoms with Crippen LogP contribution >= 0.6 is 12.4 Å². The maximum atomic E-state index is 12.3. The lowest BCUT2D eigenvalue weighted by Crippen LogP contribution is -2.43. The number of benzene rings is 1. The first-order chi connectivity index (χ1) is 10.5. The van der Waals surface area contributed by atoms with Gasteiger partial charge in [0.2, 0.25) is 11.8 Å². The van der Waals surface area contributed by atoms with E-state index in [0.717, 1.165) is 18.4 Å². The van der Waals surface area contributed by atoms with E-state index in [4.69, 9.17) is 5.73 Å². The van der Waals surface area contributed by atoms with Crippen LogP contribution in [0, 0.1) is 5.92 Å². The highest BCUT2D eigenvalue weighted by molar-refractivity contribution is 5.85. The maximum absolute atomic E-state index is 12.3. The van der Waals surface area contributed by atoms with E-state index in [9.17, 15) is 9.59 Å². The van der Waals surface area contributed by atoms with Gasteiger partial charge in [0.15, 0.2) is 0 Å². The fourth-order valence-electron chi connectivity index (χ4n) is 2.88. The first-order valence-corrected chi connectivity index (χ1v) is 7.78. The van der Waals surface area contributed by atoms with E-state index in [1.54, 1.807) is 19.0 Å². The Labute approximate surface area is 144 Å². The molecule has 6 heteroatoms. The van der Waals surface area contributed by atoms with Crippen molar-refractivity contribution in [3.63, 3.8) is 0 Å². The van der Waals surface area contributed by atoms with Gasteiger partial charge in [-0.05, 0) is 18.4 Å². The average molecular weight is 340 g/mol. The zero-order valence-corrected chi connectivity index (χ0v) is 14.6. The highest BCUT2D eigenvalue weighted by atomic mass is 35.5. The van der Waals surface area contributed by atoms with Crippen LogP contribution in [0.25, 0.3) is 0 Å². The van der Waals surface area contributed by atoms with E-state index in [1.165, 1.54) is 0 Å². The van der Waals surface area contributed by atoms with Gasteiger partial charge in [0.05, 0.1) is 0 Å². The fourth-order valence-corrected chi connectivity index (χ4v) is 2.88. The molecule has 23 heavy (non-hydrogen) atoms. The fraction of sp³-hybridized carbons (Fsp3) is 0.529. The summed E-state index contributed by atoms with van der Waals surface area (Å²) in [4.78, 5) is 27.8. The van der Waals surface area contributed by atoms with Crippen LogP contribution in [0.1, 0.15) is 30.9 Å². The summed E-state index contributed by atoms with van der Waals surface area (Å²) in [5.74, 6) is 0.280.